The van der Waals surface area contributed by atoms with Crippen LogP contribution in [0.15, 0.2) is 24.7 Å². The summed E-state index contributed by atoms with van der Waals surface area (Å²) in [5.74, 6) is 0.0392. The molecule has 0 atom stereocenters. The van der Waals surface area contributed by atoms with Crippen LogP contribution in [-0.2, 0) is 17.5 Å². The van der Waals surface area contributed by atoms with E-state index in [1.165, 1.54) is 10.7 Å². The number of halogens is 3. The molecule has 0 bridgehead atoms. The van der Waals surface area contributed by atoms with Crippen LogP contribution in [-0.4, -0.2) is 53.0 Å². The Labute approximate surface area is 177 Å². The summed E-state index contributed by atoms with van der Waals surface area (Å²) in [5, 5.41) is 3.62. The lowest BCUT2D eigenvalue weighted by atomic mass is 9.93. The predicted molar refractivity (Wildman–Crippen MR) is 105 cm³/mol. The average Bonchev–Trinajstić information content (AvgIpc) is 3.38. The van der Waals surface area contributed by atoms with Gasteiger partial charge in [0.2, 0.25) is 5.91 Å². The molecule has 0 saturated carbocycles. The van der Waals surface area contributed by atoms with E-state index in [9.17, 15) is 18.0 Å². The highest BCUT2D eigenvalue weighted by Crippen LogP contribution is 2.30. The van der Waals surface area contributed by atoms with Gasteiger partial charge in [-0.15, -0.1) is 5.10 Å². The summed E-state index contributed by atoms with van der Waals surface area (Å²) in [4.78, 5) is 26.2. The molecule has 11 heteroatoms. The second-order valence-electron chi connectivity index (χ2n) is 8.05. The van der Waals surface area contributed by atoms with Crippen LogP contribution in [0.2, 0.25) is 0 Å². The van der Waals surface area contributed by atoms with Crippen LogP contribution in [0, 0.1) is 0 Å². The Morgan fingerprint density at radius 3 is 2.61 bits per heavy atom. The fourth-order valence-corrected chi connectivity index (χ4v) is 4.05. The van der Waals surface area contributed by atoms with Gasteiger partial charge < -0.3 is 9.47 Å². The quantitative estimate of drug-likeness (QED) is 0.615. The summed E-state index contributed by atoms with van der Waals surface area (Å²) in [5.41, 5.74) is 0.639. The molecule has 4 heterocycles. The fraction of sp³-hybridized carbons (Fsp3) is 0.550. The summed E-state index contributed by atoms with van der Waals surface area (Å²) >= 11 is 0. The highest BCUT2D eigenvalue weighted by Gasteiger charge is 2.37. The van der Waals surface area contributed by atoms with Crippen molar-refractivity contribution in [3.05, 3.63) is 42.0 Å². The zero-order valence-electron chi connectivity index (χ0n) is 17.4. The van der Waals surface area contributed by atoms with Crippen LogP contribution in [0.5, 0.6) is 0 Å². The molecular formula is C20H24F3N7O. The summed E-state index contributed by atoms with van der Waals surface area (Å²) < 4.78 is 42.1. The Bertz CT molecular complexity index is 1060. The number of hydrogen-bond donors (Lipinski definition) is 0. The largest absolute Gasteiger partial charge is 0.453 e. The van der Waals surface area contributed by atoms with Crippen LogP contribution in [0.1, 0.15) is 62.3 Å². The van der Waals surface area contributed by atoms with Crippen LogP contribution in [0.3, 0.4) is 0 Å². The van der Waals surface area contributed by atoms with Crippen LogP contribution < -0.4 is 0 Å². The van der Waals surface area contributed by atoms with Crippen LogP contribution in [0.4, 0.5) is 13.2 Å². The number of rotatable bonds is 5. The summed E-state index contributed by atoms with van der Waals surface area (Å²) in [6.07, 6.45) is 2.15. The highest BCUT2D eigenvalue weighted by atomic mass is 19.4. The summed E-state index contributed by atoms with van der Waals surface area (Å²) in [6.45, 7) is 5.81. The topological polar surface area (TPSA) is 81.2 Å². The van der Waals surface area contributed by atoms with Crippen molar-refractivity contribution in [1.29, 1.82) is 0 Å². The van der Waals surface area contributed by atoms with Crippen molar-refractivity contribution in [2.24, 2.45) is 0 Å². The first-order chi connectivity index (χ1) is 14.7. The number of aromatic nitrogens is 6. The number of imidazole rings is 1. The zero-order chi connectivity index (χ0) is 22.2. The second kappa shape index (κ2) is 8.27. The van der Waals surface area contributed by atoms with Gasteiger partial charge in [-0.25, -0.2) is 14.5 Å². The first kappa shape index (κ1) is 21.3. The third-order valence-corrected chi connectivity index (χ3v) is 5.62. The molecule has 0 unspecified atom stereocenters. The minimum absolute atomic E-state index is 0.0153. The van der Waals surface area contributed by atoms with Crippen LogP contribution >= 0.6 is 0 Å². The molecule has 31 heavy (non-hydrogen) atoms. The van der Waals surface area contributed by atoms with E-state index in [1.54, 1.807) is 12.3 Å². The van der Waals surface area contributed by atoms with Crippen molar-refractivity contribution in [2.45, 2.75) is 57.7 Å². The number of amides is 1. The van der Waals surface area contributed by atoms with Gasteiger partial charge in [-0.3, -0.25) is 4.79 Å². The standard InChI is InChI=1S/C20H24F3N7O/c1-13(2)17-24-8-12-29(17)11-6-16(31)28-9-4-14(5-10-28)15-3-7-25-19-26-18(20(21,22)23)27-30(15)19/h3,7-8,12-14H,4-6,9-11H2,1-2H3. The Kier molecular flexibility index (Phi) is 5.67. The van der Waals surface area contributed by atoms with Gasteiger partial charge in [0, 0.05) is 56.5 Å². The number of alkyl halides is 3. The lowest BCUT2D eigenvalue weighted by Gasteiger charge is -2.32. The van der Waals surface area contributed by atoms with Gasteiger partial charge in [0.25, 0.3) is 11.6 Å². The maximum atomic E-state index is 13.0. The van der Waals surface area contributed by atoms with Gasteiger partial charge in [0.15, 0.2) is 0 Å². The first-order valence-electron chi connectivity index (χ1n) is 10.3. The smallest absolute Gasteiger partial charge is 0.343 e. The Morgan fingerprint density at radius 1 is 1.19 bits per heavy atom. The number of carbonyl (C=O) groups is 1. The lowest BCUT2D eigenvalue weighted by Crippen LogP contribution is -2.38. The number of aryl methyl sites for hydroxylation is 1. The van der Waals surface area contributed by atoms with E-state index < -0.39 is 12.0 Å². The van der Waals surface area contributed by atoms with Crippen molar-refractivity contribution < 1.29 is 18.0 Å². The van der Waals surface area contributed by atoms with Crippen molar-refractivity contribution in [3.8, 4) is 0 Å². The van der Waals surface area contributed by atoms with Gasteiger partial charge in [0.1, 0.15) is 5.82 Å². The normalized spacial score (nSPS) is 15.9. The fourth-order valence-electron chi connectivity index (χ4n) is 4.05. The monoisotopic (exact) mass is 435 g/mol. The molecule has 0 aliphatic carbocycles. The number of nitrogens with zero attached hydrogens (tertiary/aromatic N) is 7. The van der Waals surface area contributed by atoms with Gasteiger partial charge >= 0.3 is 6.18 Å². The SMILES string of the molecule is CC(C)c1nccn1CCC(=O)N1CCC(c2ccnc3nc(C(F)(F)F)nn23)CC1. The molecule has 8 nitrogen and oxygen atoms in total. The Hall–Kier alpha value is -2.98. The first-order valence-corrected chi connectivity index (χ1v) is 10.3. The minimum Gasteiger partial charge on any atom is -0.343 e. The Morgan fingerprint density at radius 2 is 1.94 bits per heavy atom. The molecule has 0 aromatic carbocycles. The van der Waals surface area contributed by atoms with E-state index in [2.05, 4.69) is 33.9 Å². The zero-order valence-corrected chi connectivity index (χ0v) is 17.4. The van der Waals surface area contributed by atoms with Crippen molar-refractivity contribution in [1.82, 2.24) is 34.0 Å². The summed E-state index contributed by atoms with van der Waals surface area (Å²) in [7, 11) is 0. The Balaban J connectivity index is 1.39. The number of carbonyl (C=O) groups excluding carboxylic acids is 1. The number of piperidine rings is 1. The van der Waals surface area contributed by atoms with Crippen molar-refractivity contribution >= 4 is 11.7 Å². The molecule has 1 aliphatic heterocycles. The highest BCUT2D eigenvalue weighted by molar-refractivity contribution is 5.76. The molecule has 1 aliphatic rings. The van der Waals surface area contributed by atoms with E-state index in [-0.39, 0.29) is 23.5 Å². The third kappa shape index (κ3) is 4.40. The minimum atomic E-state index is -4.62. The summed E-state index contributed by atoms with van der Waals surface area (Å²) in [6, 6.07) is 1.68. The molecule has 1 fully saturated rings. The average molecular weight is 435 g/mol. The maximum absolute atomic E-state index is 13.0. The molecule has 4 rings (SSSR count). The van der Waals surface area contributed by atoms with Crippen LogP contribution in [0.25, 0.3) is 5.78 Å². The second-order valence-corrected chi connectivity index (χ2v) is 8.05. The van der Waals surface area contributed by atoms with E-state index >= 15 is 0 Å². The van der Waals surface area contributed by atoms with Gasteiger partial charge in [-0.2, -0.15) is 18.2 Å². The number of hydrogen-bond acceptors (Lipinski definition) is 5. The van der Waals surface area contributed by atoms with Crippen molar-refractivity contribution in [3.63, 3.8) is 0 Å². The predicted octanol–water partition coefficient (Wildman–Crippen LogP) is 3.26. The van der Waals surface area contributed by atoms with Gasteiger partial charge in [0.05, 0.1) is 5.69 Å². The maximum Gasteiger partial charge on any atom is 0.453 e. The molecule has 1 amide bonds. The molecular weight excluding hydrogens is 411 g/mol. The number of fused-ring (bicyclic) bond motifs is 1. The molecule has 0 spiro atoms. The van der Waals surface area contributed by atoms with E-state index in [0.29, 0.717) is 44.6 Å². The molecule has 1 saturated heterocycles. The molecule has 166 valence electrons. The molecule has 0 radical (unpaired) electrons. The molecule has 3 aromatic heterocycles. The van der Waals surface area contributed by atoms with Gasteiger partial charge in [-0.05, 0) is 18.9 Å². The van der Waals surface area contributed by atoms with Crippen molar-refractivity contribution in [2.75, 3.05) is 13.1 Å². The lowest BCUT2D eigenvalue weighted by molar-refractivity contribution is -0.144. The van der Waals surface area contributed by atoms with E-state index in [4.69, 9.17) is 0 Å². The van der Waals surface area contributed by atoms with E-state index in [0.717, 1.165) is 5.82 Å². The molecule has 0 N–H and O–H groups in total. The number of likely N-dealkylation sites (tertiary alicyclic amines) is 1. The van der Waals surface area contributed by atoms with E-state index in [1.807, 2.05) is 15.7 Å². The third-order valence-electron chi connectivity index (χ3n) is 5.62. The molecule has 3 aromatic rings. The van der Waals surface area contributed by atoms with Gasteiger partial charge in [-0.1, -0.05) is 13.8 Å².